The van der Waals surface area contributed by atoms with Crippen molar-refractivity contribution in [3.8, 4) is 0 Å². The second-order valence-electron chi connectivity index (χ2n) is 10.2. The van der Waals surface area contributed by atoms with Gasteiger partial charge in [-0.05, 0) is 72.6 Å². The maximum absolute atomic E-state index is 9.64. The number of hydrogen-bond acceptors (Lipinski definition) is 5. The normalized spacial score (nSPS) is 17.7. The number of nitrogens with two attached hydrogens (primary N) is 1. The molecular formula is C28H57NO4. The van der Waals surface area contributed by atoms with Crippen molar-refractivity contribution < 1.29 is 19.7 Å². The van der Waals surface area contributed by atoms with Crippen molar-refractivity contribution in [3.05, 3.63) is 12.2 Å². The van der Waals surface area contributed by atoms with Gasteiger partial charge in [-0.3, -0.25) is 5.73 Å². The van der Waals surface area contributed by atoms with Gasteiger partial charge in [-0.1, -0.05) is 70.4 Å². The molecule has 0 radical (unpaired) electrons. The zero-order valence-electron chi connectivity index (χ0n) is 22.6. The van der Waals surface area contributed by atoms with Gasteiger partial charge in [0.2, 0.25) is 5.91 Å². The Morgan fingerprint density at radius 2 is 1.06 bits per heavy atom. The topological polar surface area (TPSA) is 84.9 Å². The Kier molecular flexibility index (Phi) is 20.6. The molecular weight excluding hydrogens is 414 g/mol. The number of aliphatic hydroxyl groups is 2. The molecule has 0 aliphatic rings. The highest BCUT2D eigenvalue weighted by molar-refractivity contribution is 4.81. The van der Waals surface area contributed by atoms with Crippen LogP contribution in [0.3, 0.4) is 0 Å². The van der Waals surface area contributed by atoms with Crippen LogP contribution in [0.4, 0.5) is 0 Å². The van der Waals surface area contributed by atoms with Crippen LogP contribution in [0.2, 0.25) is 0 Å². The van der Waals surface area contributed by atoms with E-state index >= 15 is 0 Å². The zero-order chi connectivity index (χ0) is 25.0. The molecule has 0 aliphatic heterocycles. The number of hydrogen-bond donors (Lipinski definition) is 3. The third kappa shape index (κ3) is 21.8. The minimum atomic E-state index is -1.18. The molecule has 0 aliphatic carbocycles. The quantitative estimate of drug-likeness (QED) is 0.0849. The Balaban J connectivity index is 4.06. The van der Waals surface area contributed by atoms with E-state index in [1.165, 1.54) is 70.6 Å². The van der Waals surface area contributed by atoms with Crippen molar-refractivity contribution in [2.24, 2.45) is 5.73 Å². The van der Waals surface area contributed by atoms with Crippen LogP contribution in [0.1, 0.15) is 137 Å². The molecule has 0 fully saturated rings. The number of unbranched alkanes of at least 4 members (excludes halogenated alkanes) is 11. The van der Waals surface area contributed by atoms with Gasteiger partial charge in [0, 0.05) is 6.42 Å². The van der Waals surface area contributed by atoms with Gasteiger partial charge in [0.05, 0.1) is 24.4 Å². The van der Waals surface area contributed by atoms with Crippen LogP contribution in [-0.4, -0.2) is 40.5 Å². The number of rotatable bonds is 23. The van der Waals surface area contributed by atoms with E-state index < -0.39 is 18.1 Å². The molecule has 4 N–H and O–H groups in total. The molecule has 0 aromatic heterocycles. The summed E-state index contributed by atoms with van der Waals surface area (Å²) in [7, 11) is 0. The van der Waals surface area contributed by atoms with Crippen LogP contribution < -0.4 is 5.73 Å². The van der Waals surface area contributed by atoms with Crippen LogP contribution in [0.15, 0.2) is 12.2 Å². The van der Waals surface area contributed by atoms with E-state index in [9.17, 15) is 10.2 Å². The molecule has 0 rings (SSSR count). The van der Waals surface area contributed by atoms with Gasteiger partial charge in [-0.2, -0.15) is 0 Å². The Morgan fingerprint density at radius 1 is 0.667 bits per heavy atom. The molecule has 0 amide bonds. The summed E-state index contributed by atoms with van der Waals surface area (Å²) in [6.45, 7) is 9.59. The van der Waals surface area contributed by atoms with Crippen molar-refractivity contribution in [2.45, 2.75) is 168 Å². The summed E-state index contributed by atoms with van der Waals surface area (Å²) in [4.78, 5) is 0. The van der Waals surface area contributed by atoms with Crippen molar-refractivity contribution in [1.82, 2.24) is 0 Å². The summed E-state index contributed by atoms with van der Waals surface area (Å²) in [5.41, 5.74) is 6.49. The first-order chi connectivity index (χ1) is 15.7. The molecule has 0 spiro atoms. The van der Waals surface area contributed by atoms with E-state index in [0.717, 1.165) is 12.8 Å². The van der Waals surface area contributed by atoms with Gasteiger partial charge < -0.3 is 19.7 Å². The van der Waals surface area contributed by atoms with E-state index in [4.69, 9.17) is 15.2 Å². The summed E-state index contributed by atoms with van der Waals surface area (Å²) in [5.74, 6) is -1.18. The SMILES string of the molecule is CCCCCCCCC=CCCCCCCCC(N)(OC(C)CC(C)O)OC(C)CC(C)O. The third-order valence-corrected chi connectivity index (χ3v) is 5.93. The Labute approximate surface area is 205 Å². The number of allylic oxidation sites excluding steroid dienone is 2. The largest absolute Gasteiger partial charge is 0.393 e. The van der Waals surface area contributed by atoms with Crippen LogP contribution in [0.25, 0.3) is 0 Å². The highest BCUT2D eigenvalue weighted by atomic mass is 16.7. The average Bonchev–Trinajstić information content (AvgIpc) is 2.69. The van der Waals surface area contributed by atoms with Gasteiger partial charge >= 0.3 is 0 Å². The minimum absolute atomic E-state index is 0.197. The van der Waals surface area contributed by atoms with E-state index in [2.05, 4.69) is 19.1 Å². The standard InChI is InChI=1S/C28H57NO4/c1-6-7-8-9-10-11-12-13-14-15-16-17-18-19-20-21-28(29,32-26(4)22-24(2)30)33-27(5)23-25(3)31/h13-14,24-27,30-31H,6-12,15-23,29H2,1-5H3. The average molecular weight is 472 g/mol. The third-order valence-electron chi connectivity index (χ3n) is 5.93. The van der Waals surface area contributed by atoms with Crippen molar-refractivity contribution in [1.29, 1.82) is 0 Å². The van der Waals surface area contributed by atoms with Gasteiger partial charge in [0.15, 0.2) is 0 Å². The fraction of sp³-hybridized carbons (Fsp3) is 0.929. The Morgan fingerprint density at radius 3 is 1.48 bits per heavy atom. The van der Waals surface area contributed by atoms with Crippen LogP contribution >= 0.6 is 0 Å². The Hall–Kier alpha value is -0.460. The monoisotopic (exact) mass is 471 g/mol. The summed E-state index contributed by atoms with van der Waals surface area (Å²) in [5, 5.41) is 19.3. The lowest BCUT2D eigenvalue weighted by molar-refractivity contribution is -0.279. The molecule has 0 aromatic carbocycles. The molecule has 0 saturated carbocycles. The zero-order valence-corrected chi connectivity index (χ0v) is 22.6. The molecule has 0 bridgehead atoms. The summed E-state index contributed by atoms with van der Waals surface area (Å²) in [6, 6.07) is 0. The smallest absolute Gasteiger partial charge is 0.225 e. The predicted molar refractivity (Wildman–Crippen MR) is 140 cm³/mol. The fourth-order valence-electron chi connectivity index (χ4n) is 4.33. The van der Waals surface area contributed by atoms with Crippen molar-refractivity contribution >= 4 is 0 Å². The number of aliphatic hydroxyl groups excluding tert-OH is 2. The Bertz CT molecular complexity index is 435. The van der Waals surface area contributed by atoms with Gasteiger partial charge in [-0.25, -0.2) is 0 Å². The highest BCUT2D eigenvalue weighted by Gasteiger charge is 2.31. The maximum Gasteiger partial charge on any atom is 0.225 e. The van der Waals surface area contributed by atoms with Crippen LogP contribution in [-0.2, 0) is 9.47 Å². The lowest BCUT2D eigenvalue weighted by Crippen LogP contribution is -2.50. The fourth-order valence-corrected chi connectivity index (χ4v) is 4.33. The van der Waals surface area contributed by atoms with E-state index in [1.54, 1.807) is 13.8 Å². The first-order valence-electron chi connectivity index (χ1n) is 13.8. The maximum atomic E-state index is 9.64. The second-order valence-corrected chi connectivity index (χ2v) is 10.2. The minimum Gasteiger partial charge on any atom is -0.393 e. The van der Waals surface area contributed by atoms with E-state index in [-0.39, 0.29) is 12.2 Å². The molecule has 4 atom stereocenters. The van der Waals surface area contributed by atoms with E-state index in [0.29, 0.717) is 19.3 Å². The first-order valence-corrected chi connectivity index (χ1v) is 13.8. The van der Waals surface area contributed by atoms with Crippen molar-refractivity contribution in [2.75, 3.05) is 0 Å². The lowest BCUT2D eigenvalue weighted by Gasteiger charge is -2.35. The molecule has 5 heteroatoms. The van der Waals surface area contributed by atoms with Gasteiger partial charge in [-0.15, -0.1) is 0 Å². The molecule has 5 nitrogen and oxygen atoms in total. The van der Waals surface area contributed by atoms with Crippen LogP contribution in [0, 0.1) is 0 Å². The summed E-state index contributed by atoms with van der Waals surface area (Å²) < 4.78 is 12.0. The second kappa shape index (κ2) is 20.9. The van der Waals surface area contributed by atoms with E-state index in [1.807, 2.05) is 13.8 Å². The number of ether oxygens (including phenoxy) is 2. The molecule has 4 unspecified atom stereocenters. The highest BCUT2D eigenvalue weighted by Crippen LogP contribution is 2.23. The summed E-state index contributed by atoms with van der Waals surface area (Å²) in [6.07, 6.45) is 21.4. The molecule has 0 aromatic rings. The molecule has 198 valence electrons. The molecule has 33 heavy (non-hydrogen) atoms. The first kappa shape index (κ1) is 32.5. The van der Waals surface area contributed by atoms with Crippen molar-refractivity contribution in [3.63, 3.8) is 0 Å². The lowest BCUT2D eigenvalue weighted by atomic mass is 10.1. The predicted octanol–water partition coefficient (Wildman–Crippen LogP) is 6.99. The van der Waals surface area contributed by atoms with Gasteiger partial charge in [0.1, 0.15) is 0 Å². The molecule has 0 saturated heterocycles. The van der Waals surface area contributed by atoms with Gasteiger partial charge in [0.25, 0.3) is 0 Å². The molecule has 0 heterocycles. The summed E-state index contributed by atoms with van der Waals surface area (Å²) >= 11 is 0. The van der Waals surface area contributed by atoms with Crippen LogP contribution in [0.5, 0.6) is 0 Å².